The van der Waals surface area contributed by atoms with Crippen LogP contribution in [-0.2, 0) is 24.8 Å². The minimum Gasteiger partial charge on any atom is -0.497 e. The van der Waals surface area contributed by atoms with Crippen molar-refractivity contribution in [1.29, 1.82) is 0 Å². The molecule has 0 aliphatic rings. The molecule has 244 valence electrons. The summed E-state index contributed by atoms with van der Waals surface area (Å²) in [5.74, 6) is 0.239. The fraction of sp³-hybridized carbons (Fsp3) is 0.194. The van der Waals surface area contributed by atoms with Crippen molar-refractivity contribution in [3.05, 3.63) is 89.4 Å². The lowest BCUT2D eigenvalue weighted by atomic mass is 10.2. The van der Waals surface area contributed by atoms with E-state index < -0.39 is 32.5 Å². The molecule has 4 rings (SSSR count). The molecule has 0 radical (unpaired) electrons. The van der Waals surface area contributed by atoms with E-state index in [0.29, 0.717) is 27.8 Å². The number of carbonyl (C=O) groups is 1. The highest BCUT2D eigenvalue weighted by Crippen LogP contribution is 2.37. The second-order valence-electron chi connectivity index (χ2n) is 9.70. The van der Waals surface area contributed by atoms with Crippen molar-refractivity contribution in [2.45, 2.75) is 16.7 Å². The fourth-order valence-electron chi connectivity index (χ4n) is 4.35. The summed E-state index contributed by atoms with van der Waals surface area (Å²) in [6.45, 7) is 1.05. The number of sulfonamides is 2. The van der Waals surface area contributed by atoms with E-state index in [9.17, 15) is 21.6 Å². The molecule has 0 heterocycles. The number of ether oxygens (including phenoxy) is 4. The molecule has 0 saturated heterocycles. The number of carbonyl (C=O) groups excluding carboxylic acids is 1. The number of methoxy groups -OCH3 is 4. The lowest BCUT2D eigenvalue weighted by Gasteiger charge is -2.26. The van der Waals surface area contributed by atoms with Crippen LogP contribution in [-0.4, -0.2) is 57.7 Å². The first-order chi connectivity index (χ1) is 21.8. The Labute approximate surface area is 272 Å². The Balaban J connectivity index is 1.64. The molecule has 4 aromatic rings. The molecule has 0 atom stereocenters. The molecule has 4 aromatic carbocycles. The van der Waals surface area contributed by atoms with Crippen LogP contribution in [0.15, 0.2) is 88.7 Å². The average molecular weight is 690 g/mol. The predicted octanol–water partition coefficient (Wildman–Crippen LogP) is 5.32. The summed E-state index contributed by atoms with van der Waals surface area (Å²) in [5.41, 5.74) is 1.27. The number of benzene rings is 4. The number of anilines is 3. The second-order valence-corrected chi connectivity index (χ2v) is 13.7. The zero-order chi connectivity index (χ0) is 33.6. The van der Waals surface area contributed by atoms with E-state index in [1.54, 1.807) is 25.1 Å². The zero-order valence-electron chi connectivity index (χ0n) is 25.5. The van der Waals surface area contributed by atoms with Crippen LogP contribution in [0, 0.1) is 6.92 Å². The topological polar surface area (TPSA) is 150 Å². The van der Waals surface area contributed by atoms with Gasteiger partial charge in [-0.05, 0) is 73.2 Å². The van der Waals surface area contributed by atoms with Gasteiger partial charge in [0.05, 0.1) is 49.6 Å². The van der Waals surface area contributed by atoms with Crippen LogP contribution in [0.1, 0.15) is 5.56 Å². The minimum atomic E-state index is -4.41. The Morgan fingerprint density at radius 2 is 1.37 bits per heavy atom. The van der Waals surface area contributed by atoms with Gasteiger partial charge in [-0.15, -0.1) is 0 Å². The zero-order valence-corrected chi connectivity index (χ0v) is 27.9. The Hall–Kier alpha value is -4.66. The predicted molar refractivity (Wildman–Crippen MR) is 176 cm³/mol. The Kier molecular flexibility index (Phi) is 10.6. The molecule has 0 aromatic heterocycles. The Bertz CT molecular complexity index is 1950. The van der Waals surface area contributed by atoms with Crippen LogP contribution in [0.2, 0.25) is 5.02 Å². The van der Waals surface area contributed by atoms with Crippen molar-refractivity contribution in [2.75, 3.05) is 49.3 Å². The summed E-state index contributed by atoms with van der Waals surface area (Å²) in [5, 5.41) is 2.99. The van der Waals surface area contributed by atoms with Crippen LogP contribution in [0.25, 0.3) is 0 Å². The van der Waals surface area contributed by atoms with Crippen molar-refractivity contribution in [1.82, 2.24) is 0 Å². The smallest absolute Gasteiger partial charge is 0.265 e. The maximum Gasteiger partial charge on any atom is 0.265 e. The van der Waals surface area contributed by atoms with Crippen molar-refractivity contribution in [3.63, 3.8) is 0 Å². The third kappa shape index (κ3) is 7.58. The average Bonchev–Trinajstić information content (AvgIpc) is 3.04. The molecule has 0 aliphatic heterocycles. The molecule has 0 spiro atoms. The van der Waals surface area contributed by atoms with Crippen LogP contribution in [0.4, 0.5) is 17.1 Å². The highest BCUT2D eigenvalue weighted by atomic mass is 35.5. The number of nitrogens with zero attached hydrogens (tertiary/aromatic N) is 1. The molecule has 12 nitrogen and oxygen atoms in total. The molecule has 15 heteroatoms. The van der Waals surface area contributed by atoms with Crippen molar-refractivity contribution >= 4 is 54.6 Å². The third-order valence-electron chi connectivity index (χ3n) is 6.78. The molecule has 1 amide bonds. The standard InChI is InChI=1S/C31H32ClN3O9S2/c1-20-6-7-21(32)16-26(20)34-45(37,38)24-11-8-22(9-12-24)33-31(36)19-35(27-17-23(41-2)10-14-28(27)42-3)46(39,40)25-13-15-29(43-4)30(18-25)44-5/h6-18,34H,19H2,1-5H3,(H,33,36). The minimum absolute atomic E-state index is 0.0376. The summed E-state index contributed by atoms with van der Waals surface area (Å²) in [7, 11) is -2.82. The molecule has 0 aliphatic carbocycles. The first-order valence-electron chi connectivity index (χ1n) is 13.5. The Morgan fingerprint density at radius 3 is 2.00 bits per heavy atom. The summed E-state index contributed by atoms with van der Waals surface area (Å²) in [6, 6.07) is 18.8. The van der Waals surface area contributed by atoms with Crippen molar-refractivity contribution in [3.8, 4) is 23.0 Å². The van der Waals surface area contributed by atoms with E-state index in [0.717, 1.165) is 4.31 Å². The van der Waals surface area contributed by atoms with Crippen LogP contribution >= 0.6 is 11.6 Å². The van der Waals surface area contributed by atoms with Gasteiger partial charge in [-0.3, -0.25) is 13.8 Å². The number of hydrogen-bond acceptors (Lipinski definition) is 9. The van der Waals surface area contributed by atoms with Gasteiger partial charge in [0.25, 0.3) is 20.0 Å². The number of nitrogens with one attached hydrogen (secondary N) is 2. The highest BCUT2D eigenvalue weighted by molar-refractivity contribution is 7.93. The van der Waals surface area contributed by atoms with Gasteiger partial charge in [-0.25, -0.2) is 16.8 Å². The second kappa shape index (κ2) is 14.2. The maximum atomic E-state index is 14.1. The first kappa shape index (κ1) is 34.2. The van der Waals surface area contributed by atoms with Crippen LogP contribution in [0.3, 0.4) is 0 Å². The summed E-state index contributed by atoms with van der Waals surface area (Å²) in [4.78, 5) is 13.1. The molecular weight excluding hydrogens is 658 g/mol. The van der Waals surface area contributed by atoms with E-state index >= 15 is 0 Å². The van der Waals surface area contributed by atoms with Gasteiger partial charge in [-0.1, -0.05) is 17.7 Å². The first-order valence-corrected chi connectivity index (χ1v) is 16.8. The van der Waals surface area contributed by atoms with E-state index in [4.69, 9.17) is 30.5 Å². The van der Waals surface area contributed by atoms with Gasteiger partial charge >= 0.3 is 0 Å². The van der Waals surface area contributed by atoms with Gasteiger partial charge in [0.15, 0.2) is 11.5 Å². The largest absolute Gasteiger partial charge is 0.497 e. The van der Waals surface area contributed by atoms with Crippen molar-refractivity contribution < 1.29 is 40.6 Å². The van der Waals surface area contributed by atoms with E-state index in [1.807, 2.05) is 0 Å². The van der Waals surface area contributed by atoms with Gasteiger partial charge < -0.3 is 24.3 Å². The quantitative estimate of drug-likeness (QED) is 0.190. The molecular formula is C31H32ClN3O9S2. The number of halogens is 1. The van der Waals surface area contributed by atoms with Gasteiger partial charge in [-0.2, -0.15) is 0 Å². The maximum absolute atomic E-state index is 14.1. The SMILES string of the molecule is COc1ccc(OC)c(N(CC(=O)Nc2ccc(S(=O)(=O)Nc3cc(Cl)ccc3C)cc2)S(=O)(=O)c2ccc(OC)c(OC)c2)c1. The van der Waals surface area contributed by atoms with Crippen LogP contribution in [0.5, 0.6) is 23.0 Å². The lowest BCUT2D eigenvalue weighted by molar-refractivity contribution is -0.114. The summed E-state index contributed by atoms with van der Waals surface area (Å²) in [6.07, 6.45) is 0. The van der Waals surface area contributed by atoms with Crippen molar-refractivity contribution in [2.24, 2.45) is 0 Å². The number of rotatable bonds is 13. The van der Waals surface area contributed by atoms with Crippen LogP contribution < -0.4 is 33.3 Å². The normalized spacial score (nSPS) is 11.3. The van der Waals surface area contributed by atoms with E-state index in [-0.39, 0.29) is 32.7 Å². The molecule has 46 heavy (non-hydrogen) atoms. The number of hydrogen-bond donors (Lipinski definition) is 2. The molecule has 0 saturated carbocycles. The molecule has 2 N–H and O–H groups in total. The van der Waals surface area contributed by atoms with E-state index in [1.165, 1.54) is 89.1 Å². The summed E-state index contributed by atoms with van der Waals surface area (Å²) < 4.78 is 78.8. The molecule has 0 bridgehead atoms. The monoisotopic (exact) mass is 689 g/mol. The highest BCUT2D eigenvalue weighted by Gasteiger charge is 2.31. The van der Waals surface area contributed by atoms with E-state index in [2.05, 4.69) is 10.0 Å². The van der Waals surface area contributed by atoms with Gasteiger partial charge in [0, 0.05) is 22.8 Å². The third-order valence-corrected chi connectivity index (χ3v) is 10.1. The molecule has 0 unspecified atom stereocenters. The fourth-order valence-corrected chi connectivity index (χ4v) is 7.08. The molecule has 0 fully saturated rings. The number of amides is 1. The van der Waals surface area contributed by atoms with Gasteiger partial charge in [0.1, 0.15) is 18.0 Å². The van der Waals surface area contributed by atoms with Gasteiger partial charge in [0.2, 0.25) is 5.91 Å². The Morgan fingerprint density at radius 1 is 0.739 bits per heavy atom. The number of aryl methyl sites for hydroxylation is 1. The summed E-state index contributed by atoms with van der Waals surface area (Å²) >= 11 is 6.02. The lowest BCUT2D eigenvalue weighted by Crippen LogP contribution is -2.38.